The first-order valence-corrected chi connectivity index (χ1v) is 7.38. The number of aromatic nitrogens is 2. The molecule has 0 radical (unpaired) electrons. The number of carbonyl (C=O) groups is 1. The predicted molar refractivity (Wildman–Crippen MR) is 82.8 cm³/mol. The van der Waals surface area contributed by atoms with Crippen LogP contribution in [0, 0.1) is 5.82 Å². The normalized spacial score (nSPS) is 12.0. The molecule has 0 aliphatic carbocycles. The number of benzene rings is 1. The molecule has 118 valence electrons. The molecule has 22 heavy (non-hydrogen) atoms. The van der Waals surface area contributed by atoms with Gasteiger partial charge in [0.25, 0.3) is 0 Å². The highest BCUT2D eigenvalue weighted by Crippen LogP contribution is 2.13. The van der Waals surface area contributed by atoms with Gasteiger partial charge in [0.1, 0.15) is 5.82 Å². The second-order valence-corrected chi connectivity index (χ2v) is 5.07. The number of carbonyl (C=O) groups excluding carboxylic acids is 1. The number of hydrogen-bond acceptors (Lipinski definition) is 2. The average molecular weight is 304 g/mol. The molecule has 5 nitrogen and oxygen atoms in total. The number of halogens is 1. The van der Waals surface area contributed by atoms with Crippen LogP contribution >= 0.6 is 0 Å². The van der Waals surface area contributed by atoms with Gasteiger partial charge in [-0.15, -0.1) is 0 Å². The predicted octanol–water partition coefficient (Wildman–Crippen LogP) is 2.81. The quantitative estimate of drug-likeness (QED) is 0.892. The summed E-state index contributed by atoms with van der Waals surface area (Å²) in [5.74, 6) is -0.281. The van der Waals surface area contributed by atoms with Gasteiger partial charge in [-0.25, -0.2) is 9.18 Å². The molecule has 0 aliphatic rings. The molecule has 1 N–H and O–H groups in total. The van der Waals surface area contributed by atoms with Crippen molar-refractivity contribution in [2.24, 2.45) is 0 Å². The Morgan fingerprint density at radius 1 is 1.41 bits per heavy atom. The van der Waals surface area contributed by atoms with Gasteiger partial charge in [0.15, 0.2) is 0 Å². The minimum atomic E-state index is -0.281. The molecule has 0 spiro atoms. The summed E-state index contributed by atoms with van der Waals surface area (Å²) in [6.07, 6.45) is 3.58. The van der Waals surface area contributed by atoms with Crippen molar-refractivity contribution in [3.8, 4) is 0 Å². The minimum Gasteiger partial charge on any atom is -0.331 e. The average Bonchev–Trinajstić information content (AvgIpc) is 3.01. The van der Waals surface area contributed by atoms with Crippen LogP contribution in [0.25, 0.3) is 0 Å². The zero-order chi connectivity index (χ0) is 15.9. The van der Waals surface area contributed by atoms with Gasteiger partial charge in [-0.2, -0.15) is 5.10 Å². The highest BCUT2D eigenvalue weighted by molar-refractivity contribution is 5.74. The van der Waals surface area contributed by atoms with Crippen LogP contribution in [0.15, 0.2) is 42.7 Å². The lowest BCUT2D eigenvalue weighted by atomic mass is 10.1. The van der Waals surface area contributed by atoms with Gasteiger partial charge in [-0.1, -0.05) is 12.1 Å². The summed E-state index contributed by atoms with van der Waals surface area (Å²) in [6.45, 7) is 5.67. The fourth-order valence-corrected chi connectivity index (χ4v) is 2.17. The first kappa shape index (κ1) is 16.0. The van der Waals surface area contributed by atoms with Gasteiger partial charge in [0, 0.05) is 25.5 Å². The molecular formula is C16H21FN4O. The molecule has 1 aromatic heterocycles. The van der Waals surface area contributed by atoms with E-state index in [2.05, 4.69) is 10.4 Å². The summed E-state index contributed by atoms with van der Waals surface area (Å²) in [4.78, 5) is 14.0. The van der Waals surface area contributed by atoms with Crippen molar-refractivity contribution in [1.82, 2.24) is 20.0 Å². The molecular weight excluding hydrogens is 283 g/mol. The van der Waals surface area contributed by atoms with E-state index in [1.807, 2.05) is 26.1 Å². The second kappa shape index (κ2) is 7.59. The van der Waals surface area contributed by atoms with Crippen molar-refractivity contribution in [3.05, 3.63) is 54.1 Å². The molecule has 0 fully saturated rings. The van der Waals surface area contributed by atoms with Crippen LogP contribution in [0.3, 0.4) is 0 Å². The largest absolute Gasteiger partial charge is 0.331 e. The topological polar surface area (TPSA) is 50.2 Å². The second-order valence-electron chi connectivity index (χ2n) is 5.07. The first-order valence-electron chi connectivity index (χ1n) is 7.38. The Balaban J connectivity index is 1.89. The lowest BCUT2D eigenvalue weighted by Gasteiger charge is -2.24. The van der Waals surface area contributed by atoms with Crippen molar-refractivity contribution in [2.75, 3.05) is 13.1 Å². The van der Waals surface area contributed by atoms with Gasteiger partial charge in [-0.3, -0.25) is 4.68 Å². The number of rotatable bonds is 6. The molecule has 0 aliphatic heterocycles. The highest BCUT2D eigenvalue weighted by atomic mass is 19.1. The third-order valence-electron chi connectivity index (χ3n) is 3.54. The maximum absolute atomic E-state index is 12.9. The summed E-state index contributed by atoms with van der Waals surface area (Å²) < 4.78 is 14.7. The first-order chi connectivity index (χ1) is 10.6. The van der Waals surface area contributed by atoms with Crippen LogP contribution in [-0.2, 0) is 6.54 Å². The smallest absolute Gasteiger partial charge is 0.317 e. The molecule has 2 aromatic rings. The molecule has 0 saturated carbocycles. The molecule has 1 heterocycles. The molecule has 1 unspecified atom stereocenters. The fraction of sp³-hybridized carbons (Fsp3) is 0.375. The lowest BCUT2D eigenvalue weighted by molar-refractivity contribution is 0.194. The van der Waals surface area contributed by atoms with E-state index in [9.17, 15) is 9.18 Å². The van der Waals surface area contributed by atoms with Crippen molar-refractivity contribution >= 4 is 6.03 Å². The molecule has 2 rings (SSSR count). The van der Waals surface area contributed by atoms with E-state index in [1.165, 1.54) is 12.1 Å². The minimum absolute atomic E-state index is 0.133. The molecule has 2 amide bonds. The molecule has 1 aromatic carbocycles. The Morgan fingerprint density at radius 2 is 2.14 bits per heavy atom. The van der Waals surface area contributed by atoms with E-state index < -0.39 is 0 Å². The number of nitrogens with one attached hydrogen (secondary N) is 1. The number of amides is 2. The van der Waals surface area contributed by atoms with Gasteiger partial charge < -0.3 is 10.2 Å². The summed E-state index contributed by atoms with van der Waals surface area (Å²) in [5, 5.41) is 7.05. The molecule has 0 saturated heterocycles. The van der Waals surface area contributed by atoms with E-state index in [1.54, 1.807) is 27.9 Å². The molecule has 6 heteroatoms. The van der Waals surface area contributed by atoms with Gasteiger partial charge in [0.05, 0.1) is 12.6 Å². The van der Waals surface area contributed by atoms with Crippen LogP contribution < -0.4 is 5.32 Å². The highest BCUT2D eigenvalue weighted by Gasteiger charge is 2.15. The van der Waals surface area contributed by atoms with Crippen LogP contribution in [0.5, 0.6) is 0 Å². The number of urea groups is 1. The zero-order valence-electron chi connectivity index (χ0n) is 12.9. The Kier molecular flexibility index (Phi) is 5.52. The molecule has 1 atom stereocenters. The van der Waals surface area contributed by atoms with Crippen molar-refractivity contribution in [1.29, 1.82) is 0 Å². The van der Waals surface area contributed by atoms with Gasteiger partial charge in [-0.05, 0) is 37.6 Å². The van der Waals surface area contributed by atoms with Crippen LogP contribution in [0.2, 0.25) is 0 Å². The van der Waals surface area contributed by atoms with E-state index in [0.29, 0.717) is 19.6 Å². The van der Waals surface area contributed by atoms with Crippen molar-refractivity contribution in [3.63, 3.8) is 0 Å². The van der Waals surface area contributed by atoms with E-state index >= 15 is 0 Å². The van der Waals surface area contributed by atoms with Gasteiger partial charge >= 0.3 is 6.03 Å². The maximum Gasteiger partial charge on any atom is 0.317 e. The monoisotopic (exact) mass is 304 g/mol. The van der Waals surface area contributed by atoms with Crippen molar-refractivity contribution < 1.29 is 9.18 Å². The van der Waals surface area contributed by atoms with Crippen LogP contribution in [0.4, 0.5) is 9.18 Å². The number of nitrogens with zero attached hydrogens (tertiary/aromatic N) is 3. The third kappa shape index (κ3) is 4.31. The van der Waals surface area contributed by atoms with E-state index in [4.69, 9.17) is 0 Å². The third-order valence-corrected chi connectivity index (χ3v) is 3.54. The fourth-order valence-electron chi connectivity index (χ4n) is 2.17. The summed E-state index contributed by atoms with van der Waals surface area (Å²) in [6, 6.07) is 7.70. The summed E-state index contributed by atoms with van der Waals surface area (Å²) in [7, 11) is 0. The SMILES string of the molecule is CCN(CCn1cccn1)C(=O)NC(C)c1ccc(F)cc1. The summed E-state index contributed by atoms with van der Waals surface area (Å²) in [5.41, 5.74) is 0.873. The lowest BCUT2D eigenvalue weighted by Crippen LogP contribution is -2.42. The van der Waals surface area contributed by atoms with E-state index in [-0.39, 0.29) is 17.9 Å². The van der Waals surface area contributed by atoms with Crippen molar-refractivity contribution in [2.45, 2.75) is 26.4 Å². The maximum atomic E-state index is 12.9. The van der Waals surface area contributed by atoms with Crippen LogP contribution in [-0.4, -0.2) is 33.8 Å². The summed E-state index contributed by atoms with van der Waals surface area (Å²) >= 11 is 0. The standard InChI is InChI=1S/C16H21FN4O/c1-3-20(11-12-21-10-4-9-18-21)16(22)19-13(2)14-5-7-15(17)8-6-14/h4-10,13H,3,11-12H2,1-2H3,(H,19,22). The Labute approximate surface area is 129 Å². The zero-order valence-corrected chi connectivity index (χ0v) is 12.9. The number of likely N-dealkylation sites (N-methyl/N-ethyl adjacent to an activating group) is 1. The number of hydrogen-bond donors (Lipinski definition) is 1. The van der Waals surface area contributed by atoms with Gasteiger partial charge in [0.2, 0.25) is 0 Å². The Hall–Kier alpha value is -2.37. The Bertz CT molecular complexity index is 583. The molecule has 0 bridgehead atoms. The van der Waals surface area contributed by atoms with Crippen LogP contribution in [0.1, 0.15) is 25.5 Å². The van der Waals surface area contributed by atoms with E-state index in [0.717, 1.165) is 5.56 Å². The Morgan fingerprint density at radius 3 is 2.73 bits per heavy atom.